The highest BCUT2D eigenvalue weighted by atomic mass is 35.5. The molecule has 0 bridgehead atoms. The number of hydrogen-bond acceptors (Lipinski definition) is 2. The van der Waals surface area contributed by atoms with Crippen molar-refractivity contribution in [3.05, 3.63) is 35.0 Å². The van der Waals surface area contributed by atoms with Crippen LogP contribution < -0.4 is 5.73 Å². The predicted octanol–water partition coefficient (Wildman–Crippen LogP) is 4.01. The van der Waals surface area contributed by atoms with Gasteiger partial charge >= 0.3 is 0 Å². The molecule has 0 spiro atoms. The minimum Gasteiger partial charge on any atom is -0.361 e. The third kappa shape index (κ3) is 2.64. The largest absolute Gasteiger partial charge is 0.361 e. The van der Waals surface area contributed by atoms with Gasteiger partial charge < -0.3 is 10.7 Å². The zero-order valence-electron chi connectivity index (χ0n) is 10.9. The number of H-pyrrole nitrogens is 1. The Morgan fingerprint density at radius 1 is 1.37 bits per heavy atom. The van der Waals surface area contributed by atoms with E-state index in [1.54, 1.807) is 0 Å². The van der Waals surface area contributed by atoms with Crippen LogP contribution in [0.2, 0.25) is 5.02 Å². The van der Waals surface area contributed by atoms with Gasteiger partial charge in [-0.25, -0.2) is 0 Å². The van der Waals surface area contributed by atoms with E-state index in [9.17, 15) is 0 Å². The van der Waals surface area contributed by atoms with Crippen LogP contribution in [0.3, 0.4) is 0 Å². The topological polar surface area (TPSA) is 41.8 Å². The maximum Gasteiger partial charge on any atom is 0.0457 e. The molecule has 19 heavy (non-hydrogen) atoms. The summed E-state index contributed by atoms with van der Waals surface area (Å²) in [6.07, 6.45) is 4.68. The lowest BCUT2D eigenvalue weighted by atomic mass is 9.82. The van der Waals surface area contributed by atoms with Gasteiger partial charge in [0.2, 0.25) is 0 Å². The smallest absolute Gasteiger partial charge is 0.0457 e. The van der Waals surface area contributed by atoms with Gasteiger partial charge in [-0.2, -0.15) is 11.8 Å². The van der Waals surface area contributed by atoms with Crippen LogP contribution in [0.4, 0.5) is 0 Å². The highest BCUT2D eigenvalue weighted by Crippen LogP contribution is 2.37. The molecule has 1 saturated heterocycles. The Morgan fingerprint density at radius 3 is 2.89 bits per heavy atom. The molecular weight excluding hydrogens is 276 g/mol. The third-order valence-electron chi connectivity index (χ3n) is 4.16. The van der Waals surface area contributed by atoms with Gasteiger partial charge in [0.1, 0.15) is 0 Å². The summed E-state index contributed by atoms with van der Waals surface area (Å²) in [5, 5.41) is 2.03. The fraction of sp³-hybridized carbons (Fsp3) is 0.467. The fourth-order valence-corrected chi connectivity index (χ4v) is 4.43. The van der Waals surface area contributed by atoms with E-state index in [1.807, 2.05) is 12.1 Å². The quantitative estimate of drug-likeness (QED) is 0.898. The second-order valence-corrected chi connectivity index (χ2v) is 6.89. The van der Waals surface area contributed by atoms with Crippen molar-refractivity contribution in [2.24, 2.45) is 11.7 Å². The Balaban J connectivity index is 1.98. The fourth-order valence-electron chi connectivity index (χ4n) is 3.11. The Bertz CT molecular complexity index is 560. The van der Waals surface area contributed by atoms with Crippen LogP contribution in [0.15, 0.2) is 24.4 Å². The first-order valence-corrected chi connectivity index (χ1v) is 8.37. The molecule has 2 heterocycles. The third-order valence-corrected chi connectivity index (χ3v) is 5.45. The molecule has 0 saturated carbocycles. The van der Waals surface area contributed by atoms with Gasteiger partial charge in [0, 0.05) is 28.0 Å². The molecule has 1 aromatic carbocycles. The van der Waals surface area contributed by atoms with Gasteiger partial charge in [-0.15, -0.1) is 0 Å². The van der Waals surface area contributed by atoms with Gasteiger partial charge in [0.05, 0.1) is 0 Å². The maximum atomic E-state index is 6.13. The van der Waals surface area contributed by atoms with Crippen LogP contribution in [0.25, 0.3) is 10.9 Å². The summed E-state index contributed by atoms with van der Waals surface area (Å²) in [6, 6.07) is 6.04. The summed E-state index contributed by atoms with van der Waals surface area (Å²) in [6.45, 7) is 0.717. The summed E-state index contributed by atoms with van der Waals surface area (Å²) >= 11 is 8.19. The summed E-state index contributed by atoms with van der Waals surface area (Å²) in [5.74, 6) is 3.70. The standard InChI is InChI=1S/C15H19ClN2S/c16-11-1-2-15-12(7-11)14(9-18-15)13(8-17)10-3-5-19-6-4-10/h1-2,7,9-10,13,18H,3-6,8,17H2. The molecule has 102 valence electrons. The van der Waals surface area contributed by atoms with Gasteiger partial charge in [-0.05, 0) is 60.6 Å². The molecule has 1 fully saturated rings. The monoisotopic (exact) mass is 294 g/mol. The number of halogens is 1. The van der Waals surface area contributed by atoms with E-state index < -0.39 is 0 Å². The highest BCUT2D eigenvalue weighted by molar-refractivity contribution is 7.99. The molecule has 1 unspecified atom stereocenters. The number of hydrogen-bond donors (Lipinski definition) is 2. The molecule has 1 aliphatic heterocycles. The van der Waals surface area contributed by atoms with Crippen LogP contribution in [-0.2, 0) is 0 Å². The van der Waals surface area contributed by atoms with E-state index in [2.05, 4.69) is 29.0 Å². The molecule has 1 atom stereocenters. The Hall–Kier alpha value is -0.640. The second kappa shape index (κ2) is 5.78. The van der Waals surface area contributed by atoms with Crippen molar-refractivity contribution >= 4 is 34.3 Å². The van der Waals surface area contributed by atoms with E-state index in [0.717, 1.165) is 17.1 Å². The van der Waals surface area contributed by atoms with Crippen LogP contribution in [0.1, 0.15) is 24.3 Å². The molecule has 3 rings (SSSR count). The first-order chi connectivity index (χ1) is 9.29. The molecule has 1 aromatic heterocycles. The number of nitrogens with one attached hydrogen (secondary N) is 1. The lowest BCUT2D eigenvalue weighted by Gasteiger charge is -2.29. The molecule has 4 heteroatoms. The van der Waals surface area contributed by atoms with E-state index in [1.165, 1.54) is 35.3 Å². The SMILES string of the molecule is NCC(c1c[nH]c2ccc(Cl)cc12)C1CCSCC1. The molecular formula is C15H19ClN2S. The van der Waals surface area contributed by atoms with Crippen LogP contribution in [0.5, 0.6) is 0 Å². The highest BCUT2D eigenvalue weighted by Gasteiger charge is 2.26. The average Bonchev–Trinajstić information content (AvgIpc) is 2.84. The van der Waals surface area contributed by atoms with Crippen LogP contribution in [-0.4, -0.2) is 23.0 Å². The molecule has 2 nitrogen and oxygen atoms in total. The van der Waals surface area contributed by atoms with Crippen molar-refractivity contribution in [1.82, 2.24) is 4.98 Å². The number of benzene rings is 1. The van der Waals surface area contributed by atoms with Crippen molar-refractivity contribution in [2.45, 2.75) is 18.8 Å². The van der Waals surface area contributed by atoms with Gasteiger partial charge in [-0.1, -0.05) is 11.6 Å². The van der Waals surface area contributed by atoms with Crippen LogP contribution in [0, 0.1) is 5.92 Å². The molecule has 2 aromatic rings. The van der Waals surface area contributed by atoms with E-state index >= 15 is 0 Å². The van der Waals surface area contributed by atoms with Crippen molar-refractivity contribution in [1.29, 1.82) is 0 Å². The lowest BCUT2D eigenvalue weighted by Crippen LogP contribution is -2.24. The summed E-state index contributed by atoms with van der Waals surface area (Å²) in [7, 11) is 0. The van der Waals surface area contributed by atoms with Crippen molar-refractivity contribution in [3.8, 4) is 0 Å². The second-order valence-electron chi connectivity index (χ2n) is 5.23. The Morgan fingerprint density at radius 2 is 2.16 bits per heavy atom. The number of nitrogens with two attached hydrogens (primary N) is 1. The number of aromatic nitrogens is 1. The molecule has 1 aliphatic rings. The number of rotatable bonds is 3. The van der Waals surface area contributed by atoms with Crippen molar-refractivity contribution in [2.75, 3.05) is 18.1 Å². The van der Waals surface area contributed by atoms with E-state index in [-0.39, 0.29) is 0 Å². The number of thioether (sulfide) groups is 1. The zero-order valence-corrected chi connectivity index (χ0v) is 12.4. The Labute approximate surface area is 123 Å². The summed E-state index contributed by atoms with van der Waals surface area (Å²) in [4.78, 5) is 3.35. The molecule has 0 amide bonds. The number of aromatic amines is 1. The van der Waals surface area contributed by atoms with E-state index in [4.69, 9.17) is 17.3 Å². The first kappa shape index (κ1) is 13.3. The van der Waals surface area contributed by atoms with Crippen molar-refractivity contribution < 1.29 is 0 Å². The Kier molecular flexibility index (Phi) is 4.06. The number of fused-ring (bicyclic) bond motifs is 1. The molecule has 0 radical (unpaired) electrons. The van der Waals surface area contributed by atoms with Crippen molar-refractivity contribution in [3.63, 3.8) is 0 Å². The van der Waals surface area contributed by atoms with E-state index in [0.29, 0.717) is 11.8 Å². The average molecular weight is 295 g/mol. The predicted molar refractivity (Wildman–Crippen MR) is 85.2 cm³/mol. The van der Waals surface area contributed by atoms with Gasteiger partial charge in [0.25, 0.3) is 0 Å². The van der Waals surface area contributed by atoms with Gasteiger partial charge in [0.15, 0.2) is 0 Å². The minimum absolute atomic E-state index is 0.452. The first-order valence-electron chi connectivity index (χ1n) is 6.84. The van der Waals surface area contributed by atoms with Gasteiger partial charge in [-0.3, -0.25) is 0 Å². The molecule has 0 aliphatic carbocycles. The molecule has 3 N–H and O–H groups in total. The maximum absolute atomic E-state index is 6.13. The van der Waals surface area contributed by atoms with Crippen LogP contribution >= 0.6 is 23.4 Å². The minimum atomic E-state index is 0.452. The zero-order chi connectivity index (χ0) is 13.2. The summed E-state index contributed by atoms with van der Waals surface area (Å²) < 4.78 is 0. The summed E-state index contributed by atoms with van der Waals surface area (Å²) in [5.41, 5.74) is 8.57. The lowest BCUT2D eigenvalue weighted by molar-refractivity contribution is 0.402. The normalized spacial score (nSPS) is 18.8.